The van der Waals surface area contributed by atoms with Crippen LogP contribution in [-0.4, -0.2) is 48.5 Å². The Morgan fingerprint density at radius 3 is 2.48 bits per heavy atom. The highest BCUT2D eigenvalue weighted by molar-refractivity contribution is 5.89. The minimum absolute atomic E-state index is 0.0137. The zero-order valence-electron chi connectivity index (χ0n) is 14.5. The number of anilines is 1. The van der Waals surface area contributed by atoms with E-state index in [0.717, 1.165) is 32.4 Å². The molecule has 1 aliphatic heterocycles. The van der Waals surface area contributed by atoms with Crippen molar-refractivity contribution in [2.45, 2.75) is 38.7 Å². The van der Waals surface area contributed by atoms with Crippen LogP contribution < -0.4 is 10.6 Å². The van der Waals surface area contributed by atoms with Crippen molar-refractivity contribution in [1.29, 1.82) is 0 Å². The van der Waals surface area contributed by atoms with Crippen molar-refractivity contribution in [2.24, 2.45) is 0 Å². The second kappa shape index (κ2) is 9.66. The number of urea groups is 1. The summed E-state index contributed by atoms with van der Waals surface area (Å²) in [6, 6.07) is 8.62. The van der Waals surface area contributed by atoms with Gasteiger partial charge in [-0.05, 0) is 38.3 Å². The summed E-state index contributed by atoms with van der Waals surface area (Å²) in [4.78, 5) is 37.4. The summed E-state index contributed by atoms with van der Waals surface area (Å²) < 4.78 is 5.16. The lowest BCUT2D eigenvalue weighted by Gasteiger charge is -2.28. The van der Waals surface area contributed by atoms with E-state index in [2.05, 4.69) is 10.6 Å². The Kier molecular flexibility index (Phi) is 7.25. The van der Waals surface area contributed by atoms with Gasteiger partial charge in [-0.2, -0.15) is 0 Å². The molecular weight excluding hydrogens is 322 g/mol. The quantitative estimate of drug-likeness (QED) is 0.772. The van der Waals surface area contributed by atoms with E-state index in [1.54, 1.807) is 24.0 Å². The molecular formula is C18H25N3O4. The number of esters is 1. The Hall–Kier alpha value is -2.57. The lowest BCUT2D eigenvalue weighted by molar-refractivity contribution is -0.159. The predicted molar refractivity (Wildman–Crippen MR) is 94.1 cm³/mol. The van der Waals surface area contributed by atoms with E-state index in [-0.39, 0.29) is 18.9 Å². The highest BCUT2D eigenvalue weighted by Gasteiger charge is 2.24. The first-order chi connectivity index (χ1) is 12.1. The van der Waals surface area contributed by atoms with Crippen molar-refractivity contribution in [2.75, 3.05) is 25.0 Å². The third kappa shape index (κ3) is 6.45. The van der Waals surface area contributed by atoms with Crippen LogP contribution in [0, 0.1) is 0 Å². The van der Waals surface area contributed by atoms with Gasteiger partial charge in [0.05, 0.1) is 6.42 Å². The molecule has 25 heavy (non-hydrogen) atoms. The number of para-hydroxylation sites is 1. The van der Waals surface area contributed by atoms with Gasteiger partial charge in [0.25, 0.3) is 5.91 Å². The number of ether oxygens (including phenoxy) is 1. The van der Waals surface area contributed by atoms with Gasteiger partial charge in [-0.3, -0.25) is 9.59 Å². The minimum Gasteiger partial charge on any atom is -0.452 e. The fourth-order valence-corrected chi connectivity index (χ4v) is 2.65. The van der Waals surface area contributed by atoms with Gasteiger partial charge in [-0.25, -0.2) is 4.79 Å². The fourth-order valence-electron chi connectivity index (χ4n) is 2.65. The van der Waals surface area contributed by atoms with Crippen LogP contribution in [0.4, 0.5) is 10.5 Å². The van der Waals surface area contributed by atoms with Crippen LogP contribution in [0.5, 0.6) is 0 Å². The summed E-state index contributed by atoms with van der Waals surface area (Å²) in [5.41, 5.74) is 0.670. The molecule has 1 saturated heterocycles. The van der Waals surface area contributed by atoms with Gasteiger partial charge >= 0.3 is 12.0 Å². The molecule has 0 spiro atoms. The number of piperidine rings is 1. The van der Waals surface area contributed by atoms with E-state index < -0.39 is 18.1 Å². The zero-order valence-corrected chi connectivity index (χ0v) is 14.5. The lowest BCUT2D eigenvalue weighted by Crippen LogP contribution is -2.43. The summed E-state index contributed by atoms with van der Waals surface area (Å²) >= 11 is 0. The molecule has 0 aromatic heterocycles. The van der Waals surface area contributed by atoms with Crippen molar-refractivity contribution in [3.8, 4) is 0 Å². The zero-order chi connectivity index (χ0) is 18.1. The topological polar surface area (TPSA) is 87.7 Å². The number of benzene rings is 1. The molecule has 3 amide bonds. The number of amides is 3. The van der Waals surface area contributed by atoms with Gasteiger partial charge in [-0.15, -0.1) is 0 Å². The molecule has 136 valence electrons. The number of nitrogens with zero attached hydrogens (tertiary/aromatic N) is 1. The van der Waals surface area contributed by atoms with Gasteiger partial charge in [0.1, 0.15) is 0 Å². The molecule has 1 heterocycles. The van der Waals surface area contributed by atoms with Gasteiger partial charge in [0, 0.05) is 25.3 Å². The number of carbonyl (C=O) groups excluding carboxylic acids is 3. The van der Waals surface area contributed by atoms with E-state index in [9.17, 15) is 14.4 Å². The second-order valence-corrected chi connectivity index (χ2v) is 6.01. The van der Waals surface area contributed by atoms with Gasteiger partial charge in [-0.1, -0.05) is 18.2 Å². The fraction of sp³-hybridized carbons (Fsp3) is 0.500. The molecule has 1 fully saturated rings. The van der Waals surface area contributed by atoms with Crippen molar-refractivity contribution in [3.63, 3.8) is 0 Å². The van der Waals surface area contributed by atoms with Crippen LogP contribution in [0.3, 0.4) is 0 Å². The number of hydrogen-bond acceptors (Lipinski definition) is 4. The normalized spacial score (nSPS) is 15.2. The highest BCUT2D eigenvalue weighted by Crippen LogP contribution is 2.11. The molecule has 0 bridgehead atoms. The Morgan fingerprint density at radius 1 is 1.12 bits per heavy atom. The van der Waals surface area contributed by atoms with Crippen LogP contribution in [0.25, 0.3) is 0 Å². The van der Waals surface area contributed by atoms with Crippen molar-refractivity contribution >= 4 is 23.6 Å². The van der Waals surface area contributed by atoms with E-state index in [4.69, 9.17) is 4.74 Å². The standard InChI is InChI=1S/C18H25N3O4/c1-14(17(23)21-12-6-3-7-13-21)25-16(22)10-11-19-18(24)20-15-8-4-2-5-9-15/h2,4-5,8-9,14H,3,6-7,10-13H2,1H3,(H2,19,20,24). The molecule has 7 heteroatoms. The van der Waals surface area contributed by atoms with E-state index >= 15 is 0 Å². The molecule has 1 atom stereocenters. The van der Waals surface area contributed by atoms with Crippen LogP contribution in [0.2, 0.25) is 0 Å². The average Bonchev–Trinajstić information content (AvgIpc) is 2.62. The van der Waals surface area contributed by atoms with Gasteiger partial charge < -0.3 is 20.3 Å². The maximum atomic E-state index is 12.2. The molecule has 1 aliphatic rings. The van der Waals surface area contributed by atoms with Crippen molar-refractivity contribution in [3.05, 3.63) is 30.3 Å². The van der Waals surface area contributed by atoms with Crippen molar-refractivity contribution in [1.82, 2.24) is 10.2 Å². The molecule has 2 rings (SSSR count). The van der Waals surface area contributed by atoms with E-state index in [1.807, 2.05) is 18.2 Å². The Morgan fingerprint density at radius 2 is 1.80 bits per heavy atom. The first-order valence-corrected chi connectivity index (χ1v) is 8.64. The molecule has 1 aromatic carbocycles. The summed E-state index contributed by atoms with van der Waals surface area (Å²) in [5.74, 6) is -0.652. The minimum atomic E-state index is -0.788. The largest absolute Gasteiger partial charge is 0.452 e. The second-order valence-electron chi connectivity index (χ2n) is 6.01. The molecule has 1 unspecified atom stereocenters. The van der Waals surface area contributed by atoms with Crippen LogP contribution in [0.1, 0.15) is 32.6 Å². The monoisotopic (exact) mass is 347 g/mol. The molecule has 2 N–H and O–H groups in total. The van der Waals surface area contributed by atoms with Crippen molar-refractivity contribution < 1.29 is 19.1 Å². The van der Waals surface area contributed by atoms with Crippen LogP contribution >= 0.6 is 0 Å². The number of hydrogen-bond donors (Lipinski definition) is 2. The number of carbonyl (C=O) groups is 3. The predicted octanol–water partition coefficient (Wildman–Crippen LogP) is 2.14. The number of rotatable bonds is 6. The van der Waals surface area contributed by atoms with Gasteiger partial charge in [0.15, 0.2) is 6.10 Å². The first kappa shape index (κ1) is 18.8. The number of nitrogens with one attached hydrogen (secondary N) is 2. The van der Waals surface area contributed by atoms with E-state index in [0.29, 0.717) is 5.69 Å². The van der Waals surface area contributed by atoms with Gasteiger partial charge in [0.2, 0.25) is 0 Å². The summed E-state index contributed by atoms with van der Waals surface area (Å²) in [7, 11) is 0. The summed E-state index contributed by atoms with van der Waals surface area (Å²) in [6.07, 6.45) is 2.34. The SMILES string of the molecule is CC(OC(=O)CCNC(=O)Nc1ccccc1)C(=O)N1CCCCC1. The Labute approximate surface area is 147 Å². The first-order valence-electron chi connectivity index (χ1n) is 8.64. The maximum Gasteiger partial charge on any atom is 0.319 e. The summed E-state index contributed by atoms with van der Waals surface area (Å²) in [6.45, 7) is 3.18. The molecule has 1 aromatic rings. The van der Waals surface area contributed by atoms with Crippen LogP contribution in [0.15, 0.2) is 30.3 Å². The van der Waals surface area contributed by atoms with Crippen LogP contribution in [-0.2, 0) is 14.3 Å². The molecule has 0 radical (unpaired) electrons. The Balaban J connectivity index is 1.64. The maximum absolute atomic E-state index is 12.2. The molecule has 0 aliphatic carbocycles. The molecule has 0 saturated carbocycles. The molecule has 7 nitrogen and oxygen atoms in total. The number of likely N-dealkylation sites (tertiary alicyclic amines) is 1. The third-order valence-electron chi connectivity index (χ3n) is 3.97. The smallest absolute Gasteiger partial charge is 0.319 e. The van der Waals surface area contributed by atoms with E-state index in [1.165, 1.54) is 0 Å². The third-order valence-corrected chi connectivity index (χ3v) is 3.97. The highest BCUT2D eigenvalue weighted by atomic mass is 16.5. The average molecular weight is 347 g/mol. The Bertz CT molecular complexity index is 585. The summed E-state index contributed by atoms with van der Waals surface area (Å²) in [5, 5.41) is 5.24. The lowest BCUT2D eigenvalue weighted by atomic mass is 10.1.